The van der Waals surface area contributed by atoms with E-state index in [1.807, 2.05) is 6.07 Å². The van der Waals surface area contributed by atoms with Crippen molar-refractivity contribution in [3.63, 3.8) is 0 Å². The first-order valence-electron chi connectivity index (χ1n) is 7.05. The minimum atomic E-state index is -0.475. The quantitative estimate of drug-likeness (QED) is 0.561. The van der Waals surface area contributed by atoms with Crippen LogP contribution in [0.25, 0.3) is 0 Å². The van der Waals surface area contributed by atoms with Crippen LogP contribution < -0.4 is 11.1 Å². The number of hydrogen-bond acceptors (Lipinski definition) is 9. The van der Waals surface area contributed by atoms with Gasteiger partial charge in [-0.2, -0.15) is 5.26 Å². The predicted molar refractivity (Wildman–Crippen MR) is 88.7 cm³/mol. The molecule has 3 N–H and O–H groups in total. The number of aryl methyl sites for hydroxylation is 1. The highest BCUT2D eigenvalue weighted by molar-refractivity contribution is 7.99. The average molecular weight is 364 g/mol. The minimum absolute atomic E-state index is 0.00536. The van der Waals surface area contributed by atoms with Crippen molar-refractivity contribution in [2.75, 3.05) is 23.9 Å². The molecule has 0 saturated heterocycles. The molecule has 0 spiro atoms. The summed E-state index contributed by atoms with van der Waals surface area (Å²) in [4.78, 5) is 23.5. The van der Waals surface area contributed by atoms with Crippen LogP contribution in [0, 0.1) is 25.2 Å². The van der Waals surface area contributed by atoms with Crippen LogP contribution in [0.3, 0.4) is 0 Å². The second-order valence-electron chi connectivity index (χ2n) is 4.94. The zero-order valence-corrected chi connectivity index (χ0v) is 14.6. The Morgan fingerprint density at radius 3 is 2.80 bits per heavy atom. The normalized spacial score (nSPS) is 10.3. The van der Waals surface area contributed by atoms with Gasteiger partial charge in [0.2, 0.25) is 17.7 Å². The molecule has 2 aromatic heterocycles. The molecule has 132 valence electrons. The Labute approximate surface area is 147 Å². The largest absolute Gasteiger partial charge is 0.468 e. The number of nitrogens with one attached hydrogen (secondary N) is 1. The van der Waals surface area contributed by atoms with Gasteiger partial charge in [0.1, 0.15) is 23.9 Å². The second kappa shape index (κ2) is 7.71. The Balaban J connectivity index is 2.11. The van der Waals surface area contributed by atoms with Gasteiger partial charge in [-0.3, -0.25) is 19.5 Å². The summed E-state index contributed by atoms with van der Waals surface area (Å²) in [5.41, 5.74) is 6.64. The topological polar surface area (TPSA) is 149 Å². The van der Waals surface area contributed by atoms with E-state index in [4.69, 9.17) is 15.4 Å². The zero-order valence-electron chi connectivity index (χ0n) is 13.8. The number of rotatable bonds is 6. The smallest absolute Gasteiger partial charge is 0.316 e. The fourth-order valence-corrected chi connectivity index (χ4v) is 2.67. The first-order valence-corrected chi connectivity index (χ1v) is 8.04. The van der Waals surface area contributed by atoms with Crippen molar-refractivity contribution in [1.29, 1.82) is 5.26 Å². The number of anilines is 2. The van der Waals surface area contributed by atoms with Gasteiger partial charge in [-0.15, -0.1) is 10.2 Å². The van der Waals surface area contributed by atoms with Crippen molar-refractivity contribution in [1.82, 2.24) is 14.8 Å². The van der Waals surface area contributed by atoms with E-state index in [1.165, 1.54) is 11.7 Å². The lowest BCUT2D eigenvalue weighted by molar-refractivity contribution is -0.137. The molecule has 0 aliphatic heterocycles. The second-order valence-corrected chi connectivity index (χ2v) is 5.88. The highest BCUT2D eigenvalue weighted by atomic mass is 32.2. The summed E-state index contributed by atoms with van der Waals surface area (Å²) < 4.78 is 11.3. The Kier molecular flexibility index (Phi) is 5.66. The van der Waals surface area contributed by atoms with Crippen LogP contribution in [-0.2, 0) is 20.9 Å². The van der Waals surface area contributed by atoms with E-state index in [2.05, 4.69) is 20.3 Å². The number of nitrogens with zero attached hydrogens (tertiary/aromatic N) is 4. The van der Waals surface area contributed by atoms with Gasteiger partial charge < -0.3 is 14.9 Å². The molecule has 0 bridgehead atoms. The Morgan fingerprint density at radius 1 is 1.44 bits per heavy atom. The van der Waals surface area contributed by atoms with Gasteiger partial charge >= 0.3 is 5.97 Å². The number of hydrogen-bond donors (Lipinski definition) is 2. The van der Waals surface area contributed by atoms with Crippen molar-refractivity contribution >= 4 is 35.5 Å². The molecule has 0 aromatic carbocycles. The van der Waals surface area contributed by atoms with Crippen LogP contribution in [-0.4, -0.2) is 39.5 Å². The molecule has 10 nitrogen and oxygen atoms in total. The molecular weight excluding hydrogens is 348 g/mol. The number of aromatic nitrogens is 3. The van der Waals surface area contributed by atoms with Crippen molar-refractivity contribution in [3.8, 4) is 6.07 Å². The van der Waals surface area contributed by atoms with E-state index >= 15 is 0 Å². The summed E-state index contributed by atoms with van der Waals surface area (Å²) >= 11 is 1.04. The van der Waals surface area contributed by atoms with Gasteiger partial charge in [0.15, 0.2) is 5.16 Å². The van der Waals surface area contributed by atoms with Crippen LogP contribution in [0.4, 0.5) is 11.8 Å². The van der Waals surface area contributed by atoms with E-state index < -0.39 is 11.9 Å². The van der Waals surface area contributed by atoms with Gasteiger partial charge in [0.05, 0.1) is 12.9 Å². The molecule has 2 heterocycles. The average Bonchev–Trinajstić information content (AvgIpc) is 3.05. The number of ether oxygens (including phenoxy) is 1. The van der Waals surface area contributed by atoms with Gasteiger partial charge in [0, 0.05) is 5.56 Å². The number of esters is 1. The molecule has 2 aromatic rings. The van der Waals surface area contributed by atoms with Gasteiger partial charge in [0.25, 0.3) is 0 Å². The first-order chi connectivity index (χ1) is 11.9. The molecule has 2 rings (SSSR count). The van der Waals surface area contributed by atoms with Crippen LogP contribution >= 0.6 is 11.8 Å². The van der Waals surface area contributed by atoms with Crippen LogP contribution in [0.5, 0.6) is 0 Å². The third-order valence-electron chi connectivity index (χ3n) is 3.34. The maximum Gasteiger partial charge on any atom is 0.316 e. The molecule has 0 unspecified atom stereocenters. The lowest BCUT2D eigenvalue weighted by Crippen LogP contribution is -2.21. The molecule has 0 aliphatic rings. The third-order valence-corrected chi connectivity index (χ3v) is 4.28. The lowest BCUT2D eigenvalue weighted by atomic mass is 10.2. The maximum absolute atomic E-state index is 12.3. The molecule has 0 saturated carbocycles. The molecule has 0 atom stereocenters. The molecule has 0 radical (unpaired) electrons. The Morgan fingerprint density at radius 2 is 2.16 bits per heavy atom. The van der Waals surface area contributed by atoms with Gasteiger partial charge in [-0.1, -0.05) is 11.8 Å². The van der Waals surface area contributed by atoms with Crippen molar-refractivity contribution in [3.05, 3.63) is 16.9 Å². The molecular formula is C14H16N6O4S. The Hall–Kier alpha value is -3.00. The Bertz CT molecular complexity index is 850. The summed E-state index contributed by atoms with van der Waals surface area (Å²) in [5.74, 6) is -0.261. The fraction of sp³-hybridized carbons (Fsp3) is 0.357. The number of carbonyl (C=O) groups is 2. The van der Waals surface area contributed by atoms with Crippen molar-refractivity contribution in [2.45, 2.75) is 25.5 Å². The van der Waals surface area contributed by atoms with Crippen LogP contribution in [0.1, 0.15) is 16.9 Å². The SMILES string of the molecule is COC(=O)CSc1nnc(N)n1CC(=O)Nc1oc(C)c(C)c1C#N. The third kappa shape index (κ3) is 4.10. The summed E-state index contributed by atoms with van der Waals surface area (Å²) in [6.45, 7) is 3.23. The standard InChI is InChI=1S/C14H16N6O4S/c1-7-8(2)24-12(9(7)4-15)17-10(21)5-20-13(16)18-19-14(20)25-6-11(22)23-3/h5-6H2,1-3H3,(H2,16,18)(H,17,21). The maximum atomic E-state index is 12.3. The highest BCUT2D eigenvalue weighted by Crippen LogP contribution is 2.25. The molecule has 25 heavy (non-hydrogen) atoms. The number of furan rings is 1. The van der Waals surface area contributed by atoms with Crippen LogP contribution in [0.2, 0.25) is 0 Å². The summed E-state index contributed by atoms with van der Waals surface area (Å²) in [6.07, 6.45) is 0. The number of thioether (sulfide) groups is 1. The predicted octanol–water partition coefficient (Wildman–Crippen LogP) is 0.846. The number of carbonyl (C=O) groups excluding carboxylic acids is 2. The van der Waals surface area contributed by atoms with Crippen molar-refractivity contribution < 1.29 is 18.7 Å². The minimum Gasteiger partial charge on any atom is -0.468 e. The lowest BCUT2D eigenvalue weighted by Gasteiger charge is -2.07. The summed E-state index contributed by atoms with van der Waals surface area (Å²) in [5, 5.41) is 19.5. The van der Waals surface area contributed by atoms with E-state index in [0.717, 1.165) is 11.8 Å². The van der Waals surface area contributed by atoms with Crippen molar-refractivity contribution in [2.24, 2.45) is 0 Å². The van der Waals surface area contributed by atoms with E-state index in [1.54, 1.807) is 13.8 Å². The van der Waals surface area contributed by atoms with Gasteiger partial charge in [-0.25, -0.2) is 0 Å². The van der Waals surface area contributed by atoms with E-state index in [-0.39, 0.29) is 29.7 Å². The highest BCUT2D eigenvalue weighted by Gasteiger charge is 2.19. The molecule has 11 heteroatoms. The fourth-order valence-electron chi connectivity index (χ4n) is 1.90. The monoisotopic (exact) mass is 364 g/mol. The summed E-state index contributed by atoms with van der Waals surface area (Å²) in [6, 6.07) is 1.99. The zero-order chi connectivity index (χ0) is 18.6. The van der Waals surface area contributed by atoms with Crippen LogP contribution in [0.15, 0.2) is 9.57 Å². The molecule has 1 amide bonds. The number of nitrogens with two attached hydrogens (primary N) is 1. The first kappa shape index (κ1) is 18.3. The number of nitrogen functional groups attached to an aromatic ring is 1. The van der Waals surface area contributed by atoms with E-state index in [9.17, 15) is 9.59 Å². The number of nitriles is 1. The molecule has 0 aliphatic carbocycles. The number of amides is 1. The van der Waals surface area contributed by atoms with E-state index in [0.29, 0.717) is 16.5 Å². The molecule has 0 fully saturated rings. The number of methoxy groups -OCH3 is 1. The van der Waals surface area contributed by atoms with Gasteiger partial charge in [-0.05, 0) is 13.8 Å². The summed E-state index contributed by atoms with van der Waals surface area (Å²) in [7, 11) is 1.27.